The van der Waals surface area contributed by atoms with Crippen LogP contribution < -0.4 is 4.74 Å². The van der Waals surface area contributed by atoms with Gasteiger partial charge in [0, 0.05) is 17.4 Å². The van der Waals surface area contributed by atoms with Gasteiger partial charge in [0.15, 0.2) is 0 Å². The molecule has 1 aliphatic carbocycles. The van der Waals surface area contributed by atoms with Gasteiger partial charge in [-0.15, -0.1) is 0 Å². The van der Waals surface area contributed by atoms with E-state index < -0.39 is 11.7 Å². The van der Waals surface area contributed by atoms with E-state index in [9.17, 15) is 4.79 Å². The molecule has 158 valence electrons. The van der Waals surface area contributed by atoms with Crippen LogP contribution in [0.4, 0.5) is 4.79 Å². The third-order valence-corrected chi connectivity index (χ3v) is 5.49. The van der Waals surface area contributed by atoms with E-state index in [4.69, 9.17) is 14.6 Å². The fourth-order valence-electron chi connectivity index (χ4n) is 4.07. The van der Waals surface area contributed by atoms with E-state index >= 15 is 0 Å². The van der Waals surface area contributed by atoms with Crippen LogP contribution in [-0.4, -0.2) is 21.5 Å². The van der Waals surface area contributed by atoms with Crippen molar-refractivity contribution >= 4 is 17.0 Å². The van der Waals surface area contributed by atoms with Crippen molar-refractivity contribution in [1.82, 2.24) is 9.78 Å². The molecule has 0 spiro atoms. The summed E-state index contributed by atoms with van der Waals surface area (Å²) in [7, 11) is 0. The molecule has 1 heterocycles. The summed E-state index contributed by atoms with van der Waals surface area (Å²) in [6.07, 6.45) is 5.49. The number of carbonyl (C=O) groups excluding carboxylic acids is 1. The molecule has 0 amide bonds. The van der Waals surface area contributed by atoms with E-state index in [1.807, 2.05) is 69.3 Å². The summed E-state index contributed by atoms with van der Waals surface area (Å²) in [5.41, 5.74) is 2.27. The maximum absolute atomic E-state index is 12.9. The quantitative estimate of drug-likeness (QED) is 0.500. The number of benzene rings is 2. The molecule has 0 atom stereocenters. The summed E-state index contributed by atoms with van der Waals surface area (Å²) in [5, 5.41) is 5.76. The molecule has 4 rings (SSSR count). The number of ether oxygens (including phenoxy) is 2. The number of hydrogen-bond acceptors (Lipinski definition) is 4. The van der Waals surface area contributed by atoms with Gasteiger partial charge in [0.2, 0.25) is 0 Å². The molecular weight excluding hydrogens is 376 g/mol. The van der Waals surface area contributed by atoms with Gasteiger partial charge in [-0.3, -0.25) is 0 Å². The predicted octanol–water partition coefficient (Wildman–Crippen LogP) is 6.45. The molecule has 0 bridgehead atoms. The monoisotopic (exact) mass is 406 g/mol. The van der Waals surface area contributed by atoms with Gasteiger partial charge >= 0.3 is 6.09 Å². The fourth-order valence-corrected chi connectivity index (χ4v) is 4.07. The largest absolute Gasteiger partial charge is 0.489 e. The van der Waals surface area contributed by atoms with Gasteiger partial charge in [0.1, 0.15) is 18.0 Å². The van der Waals surface area contributed by atoms with E-state index in [0.29, 0.717) is 18.3 Å². The van der Waals surface area contributed by atoms with Gasteiger partial charge in [-0.25, -0.2) is 4.79 Å². The minimum Gasteiger partial charge on any atom is -0.489 e. The molecule has 0 N–H and O–H groups in total. The molecule has 2 aromatic carbocycles. The molecule has 5 heteroatoms. The zero-order valence-electron chi connectivity index (χ0n) is 18.1. The highest BCUT2D eigenvalue weighted by atomic mass is 16.6. The summed E-state index contributed by atoms with van der Waals surface area (Å²) in [4.78, 5) is 12.9. The average molecular weight is 407 g/mol. The highest BCUT2D eigenvalue weighted by Crippen LogP contribution is 2.37. The number of rotatable bonds is 4. The molecule has 1 saturated carbocycles. The first-order valence-electron chi connectivity index (χ1n) is 10.8. The third kappa shape index (κ3) is 4.66. The SMILES string of the molecule is CC(C)(C)OC(=O)n1nc(C2CCCCC2)c2ccc(OCc3ccccc3)cc21. The first-order valence-corrected chi connectivity index (χ1v) is 10.8. The Bertz CT molecular complexity index is 1010. The van der Waals surface area contributed by atoms with Crippen molar-refractivity contribution in [3.63, 3.8) is 0 Å². The fraction of sp³-hybridized carbons (Fsp3) is 0.440. The Morgan fingerprint density at radius 2 is 1.80 bits per heavy atom. The zero-order chi connectivity index (χ0) is 21.1. The summed E-state index contributed by atoms with van der Waals surface area (Å²) in [6.45, 7) is 6.08. The Kier molecular flexibility index (Phi) is 5.80. The lowest BCUT2D eigenvalue weighted by Gasteiger charge is -2.20. The van der Waals surface area contributed by atoms with E-state index in [-0.39, 0.29) is 0 Å². The summed E-state index contributed by atoms with van der Waals surface area (Å²) < 4.78 is 13.0. The van der Waals surface area contributed by atoms with Crippen LogP contribution in [0.2, 0.25) is 0 Å². The Balaban J connectivity index is 1.68. The van der Waals surface area contributed by atoms with Crippen molar-refractivity contribution in [2.75, 3.05) is 0 Å². The maximum Gasteiger partial charge on any atom is 0.435 e. The average Bonchev–Trinajstić information content (AvgIpc) is 3.11. The second kappa shape index (κ2) is 8.50. The molecule has 1 fully saturated rings. The van der Waals surface area contributed by atoms with Crippen LogP contribution in [0.1, 0.15) is 70.1 Å². The molecule has 1 aliphatic rings. The minimum atomic E-state index is -0.582. The van der Waals surface area contributed by atoms with Gasteiger partial charge in [-0.1, -0.05) is 49.6 Å². The number of fused-ring (bicyclic) bond motifs is 1. The highest BCUT2D eigenvalue weighted by Gasteiger charge is 2.26. The van der Waals surface area contributed by atoms with Crippen molar-refractivity contribution in [3.05, 3.63) is 59.8 Å². The molecule has 0 aliphatic heterocycles. The Morgan fingerprint density at radius 1 is 1.07 bits per heavy atom. The number of aromatic nitrogens is 2. The molecular formula is C25H30N2O3. The van der Waals surface area contributed by atoms with E-state index in [1.54, 1.807) is 0 Å². The number of hydrogen-bond donors (Lipinski definition) is 0. The summed E-state index contributed by atoms with van der Waals surface area (Å²) in [5.74, 6) is 1.10. The lowest BCUT2D eigenvalue weighted by atomic mass is 9.86. The molecule has 0 unspecified atom stereocenters. The molecule has 1 aromatic heterocycles. The van der Waals surface area contributed by atoms with Crippen molar-refractivity contribution in [1.29, 1.82) is 0 Å². The van der Waals surface area contributed by atoms with Gasteiger partial charge in [0.05, 0.1) is 11.2 Å². The van der Waals surface area contributed by atoms with Crippen molar-refractivity contribution in [3.8, 4) is 5.75 Å². The lowest BCUT2D eigenvalue weighted by Crippen LogP contribution is -2.27. The van der Waals surface area contributed by atoms with Gasteiger partial charge in [-0.05, 0) is 51.3 Å². The van der Waals surface area contributed by atoms with Crippen molar-refractivity contribution in [2.24, 2.45) is 0 Å². The summed E-state index contributed by atoms with van der Waals surface area (Å²) in [6, 6.07) is 16.0. The summed E-state index contributed by atoms with van der Waals surface area (Å²) >= 11 is 0. The van der Waals surface area contributed by atoms with Gasteiger partial charge < -0.3 is 9.47 Å². The van der Waals surface area contributed by atoms with Crippen LogP contribution in [0, 0.1) is 0 Å². The van der Waals surface area contributed by atoms with E-state index in [2.05, 4.69) is 0 Å². The second-order valence-electron chi connectivity index (χ2n) is 9.07. The van der Waals surface area contributed by atoms with Crippen LogP contribution in [0.5, 0.6) is 5.75 Å². The maximum atomic E-state index is 12.9. The van der Waals surface area contributed by atoms with Crippen molar-refractivity contribution < 1.29 is 14.3 Å². The Morgan fingerprint density at radius 3 is 2.50 bits per heavy atom. The highest BCUT2D eigenvalue weighted by molar-refractivity contribution is 5.91. The van der Waals surface area contributed by atoms with Crippen LogP contribution >= 0.6 is 0 Å². The zero-order valence-corrected chi connectivity index (χ0v) is 18.1. The molecule has 3 aromatic rings. The Labute approximate surface area is 178 Å². The number of carbonyl (C=O) groups is 1. The smallest absolute Gasteiger partial charge is 0.435 e. The van der Waals surface area contributed by atoms with E-state index in [1.165, 1.54) is 23.9 Å². The predicted molar refractivity (Wildman–Crippen MR) is 118 cm³/mol. The molecule has 30 heavy (non-hydrogen) atoms. The Hall–Kier alpha value is -2.82. The van der Waals surface area contributed by atoms with Crippen LogP contribution in [0.15, 0.2) is 48.5 Å². The second-order valence-corrected chi connectivity index (χ2v) is 9.07. The third-order valence-electron chi connectivity index (χ3n) is 5.49. The van der Waals surface area contributed by atoms with Gasteiger partial charge in [0.25, 0.3) is 0 Å². The minimum absolute atomic E-state index is 0.390. The first kappa shape index (κ1) is 20.5. The molecule has 5 nitrogen and oxygen atoms in total. The van der Waals surface area contributed by atoms with Gasteiger partial charge in [-0.2, -0.15) is 9.78 Å². The normalized spacial score (nSPS) is 15.3. The molecule has 0 radical (unpaired) electrons. The van der Waals surface area contributed by atoms with E-state index in [0.717, 1.165) is 35.0 Å². The van der Waals surface area contributed by atoms with Crippen LogP contribution in [0.3, 0.4) is 0 Å². The van der Waals surface area contributed by atoms with Crippen LogP contribution in [-0.2, 0) is 11.3 Å². The first-order chi connectivity index (χ1) is 14.4. The van der Waals surface area contributed by atoms with Crippen LogP contribution in [0.25, 0.3) is 10.9 Å². The molecule has 0 saturated heterocycles. The van der Waals surface area contributed by atoms with Crippen molar-refractivity contribution in [2.45, 2.75) is 71.0 Å². The lowest BCUT2D eigenvalue weighted by molar-refractivity contribution is 0.0521. The standard InChI is InChI=1S/C25H30N2O3/c1-25(2,3)30-24(28)27-22-16-20(29-17-18-10-6-4-7-11-18)14-15-21(22)23(26-27)19-12-8-5-9-13-19/h4,6-7,10-11,14-16,19H,5,8-9,12-13,17H2,1-3H3. The topological polar surface area (TPSA) is 53.4 Å². The number of nitrogens with zero attached hydrogens (tertiary/aromatic N) is 2.